The van der Waals surface area contributed by atoms with Crippen molar-refractivity contribution in [3.05, 3.63) is 11.3 Å². The van der Waals surface area contributed by atoms with Crippen LogP contribution in [0.3, 0.4) is 0 Å². The van der Waals surface area contributed by atoms with Crippen LogP contribution in [-0.2, 0) is 13.0 Å². The van der Waals surface area contributed by atoms with Crippen molar-refractivity contribution >= 4 is 0 Å². The van der Waals surface area contributed by atoms with Gasteiger partial charge in [0.1, 0.15) is 0 Å². The molecule has 0 atom stereocenters. The lowest BCUT2D eigenvalue weighted by atomic mass is 10.0. The molecule has 1 rings (SSSR count). The number of hydrogen-bond donors (Lipinski definition) is 1. The third kappa shape index (κ3) is 1.69. The van der Waals surface area contributed by atoms with Crippen LogP contribution in [0.15, 0.2) is 0 Å². The van der Waals surface area contributed by atoms with Crippen molar-refractivity contribution in [2.45, 2.75) is 46.6 Å². The molecular weight excluding hydrogens is 164 g/mol. The highest BCUT2D eigenvalue weighted by Gasteiger charge is 2.17. The van der Waals surface area contributed by atoms with Gasteiger partial charge >= 0.3 is 0 Å². The third-order valence-electron chi connectivity index (χ3n) is 2.25. The summed E-state index contributed by atoms with van der Waals surface area (Å²) < 4.78 is 1.66. The van der Waals surface area contributed by atoms with Gasteiger partial charge in [0, 0.05) is 12.1 Å². The second-order valence-electron chi connectivity index (χ2n) is 3.51. The molecule has 0 spiro atoms. The average molecular weight is 182 g/mol. The van der Waals surface area contributed by atoms with Crippen molar-refractivity contribution in [1.82, 2.24) is 9.78 Å². The molecule has 13 heavy (non-hydrogen) atoms. The molecule has 1 aromatic heterocycles. The predicted octanol–water partition coefficient (Wildman–Crippen LogP) is 2.29. The fraction of sp³-hybridized carbons (Fsp3) is 0.700. The lowest BCUT2D eigenvalue weighted by Gasteiger charge is -2.04. The van der Waals surface area contributed by atoms with E-state index in [1.807, 2.05) is 6.92 Å². The molecule has 0 aliphatic carbocycles. The van der Waals surface area contributed by atoms with Crippen LogP contribution in [-0.4, -0.2) is 14.9 Å². The zero-order chi connectivity index (χ0) is 10.0. The van der Waals surface area contributed by atoms with Crippen LogP contribution in [0.2, 0.25) is 0 Å². The summed E-state index contributed by atoms with van der Waals surface area (Å²) in [7, 11) is 0. The fourth-order valence-corrected chi connectivity index (χ4v) is 1.59. The maximum atomic E-state index is 9.81. The zero-order valence-electron chi connectivity index (χ0n) is 8.83. The van der Waals surface area contributed by atoms with Crippen molar-refractivity contribution in [3.63, 3.8) is 0 Å². The average Bonchev–Trinajstić information content (AvgIpc) is 2.41. The van der Waals surface area contributed by atoms with E-state index in [4.69, 9.17) is 0 Å². The van der Waals surface area contributed by atoms with Crippen LogP contribution in [0.25, 0.3) is 0 Å². The van der Waals surface area contributed by atoms with Gasteiger partial charge in [0.25, 0.3) is 0 Å². The Morgan fingerprint density at radius 1 is 1.38 bits per heavy atom. The molecule has 3 heteroatoms. The Morgan fingerprint density at radius 3 is 2.31 bits per heavy atom. The summed E-state index contributed by atoms with van der Waals surface area (Å²) in [5.41, 5.74) is 2.03. The van der Waals surface area contributed by atoms with Gasteiger partial charge in [-0.1, -0.05) is 20.8 Å². The third-order valence-corrected chi connectivity index (χ3v) is 2.25. The molecule has 1 heterocycles. The largest absolute Gasteiger partial charge is 0.493 e. The highest BCUT2D eigenvalue weighted by atomic mass is 16.3. The van der Waals surface area contributed by atoms with Crippen LogP contribution in [0.5, 0.6) is 5.88 Å². The van der Waals surface area contributed by atoms with E-state index in [1.165, 1.54) is 0 Å². The second kappa shape index (κ2) is 3.81. The molecule has 0 saturated heterocycles. The lowest BCUT2D eigenvalue weighted by Crippen LogP contribution is -1.95. The summed E-state index contributed by atoms with van der Waals surface area (Å²) in [6.45, 7) is 8.93. The van der Waals surface area contributed by atoms with E-state index in [0.29, 0.717) is 11.8 Å². The molecule has 0 amide bonds. The van der Waals surface area contributed by atoms with Gasteiger partial charge in [-0.3, -0.25) is 0 Å². The highest BCUT2D eigenvalue weighted by molar-refractivity contribution is 5.33. The first kappa shape index (κ1) is 10.1. The van der Waals surface area contributed by atoms with Gasteiger partial charge in [0.2, 0.25) is 5.88 Å². The Hall–Kier alpha value is -0.990. The van der Waals surface area contributed by atoms with Crippen molar-refractivity contribution in [2.24, 2.45) is 0 Å². The van der Waals surface area contributed by atoms with E-state index in [-0.39, 0.29) is 0 Å². The maximum absolute atomic E-state index is 9.81. The SMILES string of the molecule is CCc1nn(CC)c(O)c1C(C)C. The first-order valence-corrected chi connectivity index (χ1v) is 4.90. The van der Waals surface area contributed by atoms with E-state index < -0.39 is 0 Å². The molecule has 0 aliphatic heterocycles. The van der Waals surface area contributed by atoms with Gasteiger partial charge < -0.3 is 5.11 Å². The van der Waals surface area contributed by atoms with Gasteiger partial charge in [0.15, 0.2) is 0 Å². The van der Waals surface area contributed by atoms with Crippen LogP contribution in [0.4, 0.5) is 0 Å². The molecule has 0 saturated carbocycles. The van der Waals surface area contributed by atoms with Crippen LogP contribution < -0.4 is 0 Å². The van der Waals surface area contributed by atoms with Crippen LogP contribution in [0, 0.1) is 0 Å². The number of hydrogen-bond acceptors (Lipinski definition) is 2. The molecule has 0 unspecified atom stereocenters. The van der Waals surface area contributed by atoms with Gasteiger partial charge in [-0.25, -0.2) is 4.68 Å². The van der Waals surface area contributed by atoms with Gasteiger partial charge in [0.05, 0.1) is 5.69 Å². The van der Waals surface area contributed by atoms with E-state index in [9.17, 15) is 5.11 Å². The van der Waals surface area contributed by atoms with E-state index in [1.54, 1.807) is 4.68 Å². The molecule has 0 bridgehead atoms. The van der Waals surface area contributed by atoms with Crippen LogP contribution >= 0.6 is 0 Å². The van der Waals surface area contributed by atoms with Crippen molar-refractivity contribution in [3.8, 4) is 5.88 Å². The number of nitrogens with zero attached hydrogens (tertiary/aromatic N) is 2. The summed E-state index contributed by atoms with van der Waals surface area (Å²) in [6, 6.07) is 0. The summed E-state index contributed by atoms with van der Waals surface area (Å²) in [4.78, 5) is 0. The first-order valence-electron chi connectivity index (χ1n) is 4.90. The molecule has 1 aromatic rings. The summed E-state index contributed by atoms with van der Waals surface area (Å²) >= 11 is 0. The quantitative estimate of drug-likeness (QED) is 0.778. The molecule has 3 nitrogen and oxygen atoms in total. The summed E-state index contributed by atoms with van der Waals surface area (Å²) in [6.07, 6.45) is 0.883. The minimum Gasteiger partial charge on any atom is -0.493 e. The van der Waals surface area contributed by atoms with Crippen molar-refractivity contribution in [1.29, 1.82) is 0 Å². The second-order valence-corrected chi connectivity index (χ2v) is 3.51. The Kier molecular flexibility index (Phi) is 2.96. The van der Waals surface area contributed by atoms with E-state index in [0.717, 1.165) is 24.2 Å². The predicted molar refractivity (Wildman–Crippen MR) is 53.0 cm³/mol. The molecule has 0 radical (unpaired) electrons. The summed E-state index contributed by atoms with van der Waals surface area (Å²) in [5, 5.41) is 14.1. The molecule has 74 valence electrons. The molecule has 0 aliphatic rings. The number of rotatable bonds is 3. The standard InChI is InChI=1S/C10H18N2O/c1-5-8-9(7(3)4)10(13)12(6-2)11-8/h7,13H,5-6H2,1-4H3. The monoisotopic (exact) mass is 182 g/mol. The Morgan fingerprint density at radius 2 is 2.00 bits per heavy atom. The normalized spacial score (nSPS) is 11.2. The molecule has 0 aromatic carbocycles. The fourth-order valence-electron chi connectivity index (χ4n) is 1.59. The van der Waals surface area contributed by atoms with Gasteiger partial charge in [-0.05, 0) is 19.3 Å². The maximum Gasteiger partial charge on any atom is 0.213 e. The number of aromatic nitrogens is 2. The minimum atomic E-state index is 0.342. The first-order chi connectivity index (χ1) is 6.11. The number of aryl methyl sites for hydroxylation is 2. The molecule has 1 N–H and O–H groups in total. The van der Waals surface area contributed by atoms with E-state index >= 15 is 0 Å². The number of aromatic hydroxyl groups is 1. The highest BCUT2D eigenvalue weighted by Crippen LogP contribution is 2.29. The minimum absolute atomic E-state index is 0.342. The van der Waals surface area contributed by atoms with Crippen molar-refractivity contribution in [2.75, 3.05) is 0 Å². The molecular formula is C10H18N2O. The Balaban J connectivity index is 3.20. The smallest absolute Gasteiger partial charge is 0.213 e. The zero-order valence-corrected chi connectivity index (χ0v) is 8.83. The molecule has 0 fully saturated rings. The van der Waals surface area contributed by atoms with Crippen molar-refractivity contribution < 1.29 is 5.11 Å². The Labute approximate surface area is 79.4 Å². The van der Waals surface area contributed by atoms with Crippen LogP contribution in [0.1, 0.15) is 44.9 Å². The van der Waals surface area contributed by atoms with Gasteiger partial charge in [-0.15, -0.1) is 0 Å². The topological polar surface area (TPSA) is 38.0 Å². The van der Waals surface area contributed by atoms with E-state index in [2.05, 4.69) is 25.9 Å². The lowest BCUT2D eigenvalue weighted by molar-refractivity contribution is 0.398. The summed E-state index contributed by atoms with van der Waals surface area (Å²) in [5.74, 6) is 0.685. The van der Waals surface area contributed by atoms with Gasteiger partial charge in [-0.2, -0.15) is 5.10 Å². The Bertz CT molecular complexity index is 289.